The highest BCUT2D eigenvalue weighted by molar-refractivity contribution is 4.83. The molecule has 0 aromatic carbocycles. The van der Waals surface area contributed by atoms with Crippen LogP contribution < -0.4 is 5.32 Å². The van der Waals surface area contributed by atoms with Gasteiger partial charge in [0.25, 0.3) is 0 Å². The van der Waals surface area contributed by atoms with Crippen molar-refractivity contribution in [1.82, 2.24) is 15.1 Å². The van der Waals surface area contributed by atoms with Crippen molar-refractivity contribution in [3.63, 3.8) is 0 Å². The van der Waals surface area contributed by atoms with E-state index in [-0.39, 0.29) is 5.54 Å². The quantitative estimate of drug-likeness (QED) is 0.813. The number of piperidine rings is 1. The molecule has 2 aliphatic rings. The maximum atomic E-state index is 3.69. The fourth-order valence-corrected chi connectivity index (χ4v) is 3.79. The van der Waals surface area contributed by atoms with Crippen molar-refractivity contribution >= 4 is 0 Å². The molecule has 3 nitrogen and oxygen atoms in total. The molecular weight excluding hydrogens is 258 g/mol. The molecule has 2 saturated heterocycles. The summed E-state index contributed by atoms with van der Waals surface area (Å²) in [6, 6.07) is 0.719. The monoisotopic (exact) mass is 295 g/mol. The van der Waals surface area contributed by atoms with Crippen molar-refractivity contribution < 1.29 is 0 Å². The summed E-state index contributed by atoms with van der Waals surface area (Å²) >= 11 is 0. The Balaban J connectivity index is 1.70. The normalized spacial score (nSPS) is 24.6. The Labute approximate surface area is 132 Å². The minimum Gasteiger partial charge on any atom is -0.311 e. The molecule has 2 rings (SSSR count). The second kappa shape index (κ2) is 7.94. The second-order valence-corrected chi connectivity index (χ2v) is 8.18. The highest BCUT2D eigenvalue weighted by Crippen LogP contribution is 2.22. The lowest BCUT2D eigenvalue weighted by Crippen LogP contribution is -2.50. The molecule has 3 heteroatoms. The predicted octanol–water partition coefficient (Wildman–Crippen LogP) is 2.96. The third-order valence-electron chi connectivity index (χ3n) is 5.22. The smallest absolute Gasteiger partial charge is 0.0218 e. The van der Waals surface area contributed by atoms with Crippen molar-refractivity contribution in [2.45, 2.75) is 71.4 Å². The summed E-state index contributed by atoms with van der Waals surface area (Å²) in [5.74, 6) is 0.951. The molecule has 2 fully saturated rings. The summed E-state index contributed by atoms with van der Waals surface area (Å²) in [7, 11) is 0. The van der Waals surface area contributed by atoms with Crippen LogP contribution in [0.2, 0.25) is 0 Å². The highest BCUT2D eigenvalue weighted by Gasteiger charge is 2.26. The lowest BCUT2D eigenvalue weighted by atomic mass is 9.94. The van der Waals surface area contributed by atoms with Gasteiger partial charge in [0.15, 0.2) is 0 Å². The van der Waals surface area contributed by atoms with Gasteiger partial charge in [-0.3, -0.25) is 4.90 Å². The van der Waals surface area contributed by atoms with Crippen molar-refractivity contribution in [1.29, 1.82) is 0 Å². The molecule has 1 unspecified atom stereocenters. The summed E-state index contributed by atoms with van der Waals surface area (Å²) in [6.07, 6.45) is 6.93. The van der Waals surface area contributed by atoms with E-state index in [4.69, 9.17) is 0 Å². The van der Waals surface area contributed by atoms with Gasteiger partial charge in [-0.05, 0) is 85.0 Å². The number of likely N-dealkylation sites (tertiary alicyclic amines) is 2. The molecule has 0 bridgehead atoms. The highest BCUT2D eigenvalue weighted by atomic mass is 15.2. The van der Waals surface area contributed by atoms with Crippen LogP contribution in [0, 0.1) is 5.92 Å². The van der Waals surface area contributed by atoms with E-state index >= 15 is 0 Å². The van der Waals surface area contributed by atoms with Crippen LogP contribution in [0.3, 0.4) is 0 Å². The molecule has 0 radical (unpaired) electrons. The zero-order valence-corrected chi connectivity index (χ0v) is 14.8. The van der Waals surface area contributed by atoms with Crippen LogP contribution in [-0.4, -0.2) is 60.6 Å². The molecule has 1 N–H and O–H groups in total. The molecule has 2 heterocycles. The van der Waals surface area contributed by atoms with Gasteiger partial charge in [-0.15, -0.1) is 0 Å². The van der Waals surface area contributed by atoms with Gasteiger partial charge < -0.3 is 10.2 Å². The molecule has 0 amide bonds. The Bertz CT molecular complexity index is 283. The van der Waals surface area contributed by atoms with Crippen LogP contribution in [0.1, 0.15) is 59.8 Å². The summed E-state index contributed by atoms with van der Waals surface area (Å²) in [6.45, 7) is 17.0. The van der Waals surface area contributed by atoms with Crippen molar-refractivity contribution in [3.05, 3.63) is 0 Å². The first-order chi connectivity index (χ1) is 9.98. The standard InChI is InChI=1S/C18H37N3/c1-5-17(14-19-18(2,3)4)21-12-8-16(9-13-21)15-20-10-6-7-11-20/h16-17,19H,5-15H2,1-4H3. The molecular formula is C18H37N3. The molecule has 0 saturated carbocycles. The van der Waals surface area contributed by atoms with Crippen LogP contribution in [-0.2, 0) is 0 Å². The Morgan fingerprint density at radius 2 is 1.67 bits per heavy atom. The molecule has 0 spiro atoms. The zero-order valence-electron chi connectivity index (χ0n) is 14.8. The third kappa shape index (κ3) is 5.88. The van der Waals surface area contributed by atoms with Gasteiger partial charge in [-0.2, -0.15) is 0 Å². The van der Waals surface area contributed by atoms with Crippen molar-refractivity contribution in [2.75, 3.05) is 39.3 Å². The molecule has 0 aromatic heterocycles. The van der Waals surface area contributed by atoms with E-state index < -0.39 is 0 Å². The Hall–Kier alpha value is -0.120. The number of hydrogen-bond acceptors (Lipinski definition) is 3. The first-order valence-corrected chi connectivity index (χ1v) is 9.19. The Morgan fingerprint density at radius 1 is 1.05 bits per heavy atom. The number of nitrogens with one attached hydrogen (secondary N) is 1. The average molecular weight is 296 g/mol. The van der Waals surface area contributed by atoms with E-state index in [0.717, 1.165) is 18.5 Å². The van der Waals surface area contributed by atoms with E-state index in [1.54, 1.807) is 0 Å². The van der Waals surface area contributed by atoms with Crippen LogP contribution >= 0.6 is 0 Å². The Kier molecular flexibility index (Phi) is 6.51. The SMILES string of the molecule is CCC(CNC(C)(C)C)N1CCC(CN2CCCC2)CC1. The van der Waals surface area contributed by atoms with Crippen LogP contribution in [0.4, 0.5) is 0 Å². The average Bonchev–Trinajstić information content (AvgIpc) is 2.93. The van der Waals surface area contributed by atoms with Gasteiger partial charge in [0.1, 0.15) is 0 Å². The molecule has 21 heavy (non-hydrogen) atoms. The molecule has 1 atom stereocenters. The first-order valence-electron chi connectivity index (χ1n) is 9.19. The molecule has 124 valence electrons. The van der Waals surface area contributed by atoms with E-state index in [0.29, 0.717) is 0 Å². The van der Waals surface area contributed by atoms with E-state index in [1.807, 2.05) is 0 Å². The lowest BCUT2D eigenvalue weighted by Gasteiger charge is -2.39. The number of nitrogens with zero attached hydrogens (tertiary/aromatic N) is 2. The maximum Gasteiger partial charge on any atom is 0.0218 e. The largest absolute Gasteiger partial charge is 0.311 e. The van der Waals surface area contributed by atoms with E-state index in [1.165, 1.54) is 64.8 Å². The molecule has 0 aromatic rings. The maximum absolute atomic E-state index is 3.69. The predicted molar refractivity (Wildman–Crippen MR) is 91.8 cm³/mol. The van der Waals surface area contributed by atoms with Crippen molar-refractivity contribution in [3.8, 4) is 0 Å². The van der Waals surface area contributed by atoms with Gasteiger partial charge in [0, 0.05) is 24.7 Å². The minimum atomic E-state index is 0.238. The minimum absolute atomic E-state index is 0.238. The lowest BCUT2D eigenvalue weighted by molar-refractivity contribution is 0.108. The third-order valence-corrected chi connectivity index (χ3v) is 5.22. The van der Waals surface area contributed by atoms with Gasteiger partial charge in [0.2, 0.25) is 0 Å². The van der Waals surface area contributed by atoms with Crippen LogP contribution in [0.25, 0.3) is 0 Å². The van der Waals surface area contributed by atoms with E-state index in [2.05, 4.69) is 42.8 Å². The van der Waals surface area contributed by atoms with E-state index in [9.17, 15) is 0 Å². The topological polar surface area (TPSA) is 18.5 Å². The van der Waals surface area contributed by atoms with Crippen LogP contribution in [0.5, 0.6) is 0 Å². The van der Waals surface area contributed by atoms with Gasteiger partial charge >= 0.3 is 0 Å². The second-order valence-electron chi connectivity index (χ2n) is 8.18. The van der Waals surface area contributed by atoms with Crippen LogP contribution in [0.15, 0.2) is 0 Å². The summed E-state index contributed by atoms with van der Waals surface area (Å²) in [5, 5.41) is 3.69. The van der Waals surface area contributed by atoms with Crippen molar-refractivity contribution in [2.24, 2.45) is 5.92 Å². The summed E-state index contributed by atoms with van der Waals surface area (Å²) in [4.78, 5) is 5.43. The van der Waals surface area contributed by atoms with Gasteiger partial charge in [-0.1, -0.05) is 6.92 Å². The fourth-order valence-electron chi connectivity index (χ4n) is 3.79. The Morgan fingerprint density at radius 3 is 2.19 bits per heavy atom. The van der Waals surface area contributed by atoms with Gasteiger partial charge in [-0.25, -0.2) is 0 Å². The molecule has 0 aliphatic carbocycles. The fraction of sp³-hybridized carbons (Fsp3) is 1.00. The summed E-state index contributed by atoms with van der Waals surface area (Å²) in [5.41, 5.74) is 0.238. The zero-order chi connectivity index (χ0) is 15.3. The number of rotatable bonds is 6. The number of hydrogen-bond donors (Lipinski definition) is 1. The molecule has 2 aliphatic heterocycles. The first kappa shape index (κ1) is 17.2. The summed E-state index contributed by atoms with van der Waals surface area (Å²) < 4.78 is 0. The van der Waals surface area contributed by atoms with Gasteiger partial charge in [0.05, 0.1) is 0 Å².